The maximum Gasteiger partial charge on any atom is 0.246 e. The first-order chi connectivity index (χ1) is 18.8. The topological polar surface area (TPSA) is 102 Å². The van der Waals surface area contributed by atoms with Crippen molar-refractivity contribution in [3.63, 3.8) is 0 Å². The SMILES string of the molecule is CCCCN1C(=O)[C@H](CC2CCCCC2)NC(=O)C12CCN(C(c1ccc(O)cc1)c1c(C)n[nH]c1C)CC2. The van der Waals surface area contributed by atoms with E-state index in [0.29, 0.717) is 38.4 Å². The molecule has 3 fully saturated rings. The molecule has 5 rings (SSSR count). The van der Waals surface area contributed by atoms with Crippen LogP contribution < -0.4 is 5.32 Å². The van der Waals surface area contributed by atoms with Crippen molar-refractivity contribution in [2.75, 3.05) is 19.6 Å². The normalized spacial score (nSPS) is 23.3. The van der Waals surface area contributed by atoms with E-state index in [4.69, 9.17) is 0 Å². The molecule has 3 N–H and O–H groups in total. The van der Waals surface area contributed by atoms with Crippen molar-refractivity contribution in [1.29, 1.82) is 0 Å². The van der Waals surface area contributed by atoms with Crippen molar-refractivity contribution < 1.29 is 14.7 Å². The Kier molecular flexibility index (Phi) is 8.31. The van der Waals surface area contributed by atoms with E-state index in [9.17, 15) is 14.7 Å². The third-order valence-corrected chi connectivity index (χ3v) is 9.50. The molecular weight excluding hydrogens is 490 g/mol. The Morgan fingerprint density at radius 2 is 1.77 bits per heavy atom. The molecule has 1 aromatic heterocycles. The fourth-order valence-corrected chi connectivity index (χ4v) is 7.26. The number of hydrogen-bond acceptors (Lipinski definition) is 5. The third kappa shape index (κ3) is 5.45. The van der Waals surface area contributed by atoms with Crippen molar-refractivity contribution >= 4 is 11.8 Å². The van der Waals surface area contributed by atoms with Crippen LogP contribution in [0, 0.1) is 19.8 Å². The number of phenols is 1. The van der Waals surface area contributed by atoms with Crippen molar-refractivity contribution in [2.24, 2.45) is 5.92 Å². The highest BCUT2D eigenvalue weighted by Crippen LogP contribution is 2.40. The van der Waals surface area contributed by atoms with E-state index in [-0.39, 0.29) is 29.6 Å². The molecule has 8 nitrogen and oxygen atoms in total. The van der Waals surface area contributed by atoms with E-state index in [0.717, 1.165) is 41.8 Å². The summed E-state index contributed by atoms with van der Waals surface area (Å²) in [5.74, 6) is 0.932. The first kappa shape index (κ1) is 27.7. The van der Waals surface area contributed by atoms with Crippen molar-refractivity contribution in [1.82, 2.24) is 25.3 Å². The Morgan fingerprint density at radius 3 is 2.38 bits per heavy atom. The molecule has 2 aromatic rings. The van der Waals surface area contributed by atoms with Gasteiger partial charge < -0.3 is 15.3 Å². The van der Waals surface area contributed by atoms with Crippen molar-refractivity contribution in [2.45, 2.75) is 103 Å². The standard InChI is InChI=1S/C31H45N5O3/c1-4-5-17-36-29(38)26(20-23-9-7-6-8-10-23)32-30(39)31(36)15-18-35(19-16-31)28(24-11-13-25(37)14-12-24)27-21(2)33-34-22(27)3/h11-14,23,26,28,37H,4-10,15-20H2,1-3H3,(H,32,39)(H,33,34)/t26-,28?/m0/s1. The number of nitrogens with one attached hydrogen (secondary N) is 2. The number of piperazine rings is 1. The Labute approximate surface area is 232 Å². The molecule has 1 spiro atoms. The molecule has 2 amide bonds. The van der Waals surface area contributed by atoms with Crippen molar-refractivity contribution in [3.8, 4) is 5.75 Å². The number of carbonyl (C=O) groups excluding carboxylic acids is 2. The van der Waals surface area contributed by atoms with E-state index in [1.165, 1.54) is 32.1 Å². The van der Waals surface area contributed by atoms with E-state index < -0.39 is 5.54 Å². The Balaban J connectivity index is 1.39. The van der Waals surface area contributed by atoms with Gasteiger partial charge in [0.25, 0.3) is 0 Å². The summed E-state index contributed by atoms with van der Waals surface area (Å²) in [6, 6.07) is 6.96. The number of aromatic nitrogens is 2. The van der Waals surface area contributed by atoms with Crippen LogP contribution in [0.1, 0.15) is 99.7 Å². The molecule has 1 aliphatic carbocycles. The monoisotopic (exact) mass is 535 g/mol. The maximum atomic E-state index is 13.9. The second kappa shape index (κ2) is 11.7. The van der Waals surface area contributed by atoms with Crippen LogP contribution in [0.2, 0.25) is 0 Å². The molecule has 1 aromatic carbocycles. The summed E-state index contributed by atoms with van der Waals surface area (Å²) in [4.78, 5) is 32.2. The average Bonchev–Trinajstić information content (AvgIpc) is 3.27. The highest BCUT2D eigenvalue weighted by Gasteiger charge is 2.54. The van der Waals surface area contributed by atoms with Gasteiger partial charge >= 0.3 is 0 Å². The minimum absolute atomic E-state index is 0.0375. The molecule has 2 atom stereocenters. The lowest BCUT2D eigenvalue weighted by molar-refractivity contribution is -0.162. The lowest BCUT2D eigenvalue weighted by atomic mass is 9.78. The predicted molar refractivity (Wildman–Crippen MR) is 151 cm³/mol. The van der Waals surface area contributed by atoms with Gasteiger partial charge in [0.2, 0.25) is 11.8 Å². The predicted octanol–water partition coefficient (Wildman–Crippen LogP) is 4.75. The third-order valence-electron chi connectivity index (χ3n) is 9.50. The second-order valence-corrected chi connectivity index (χ2v) is 12.0. The van der Waals surface area contributed by atoms with Crippen LogP contribution in [0.15, 0.2) is 24.3 Å². The molecule has 0 bridgehead atoms. The molecule has 2 saturated heterocycles. The molecule has 0 radical (unpaired) electrons. The van der Waals surface area contributed by atoms with Gasteiger partial charge in [-0.05, 0) is 63.1 Å². The molecule has 1 unspecified atom stereocenters. The van der Waals surface area contributed by atoms with E-state index >= 15 is 0 Å². The van der Waals surface area contributed by atoms with Crippen LogP contribution in [0.3, 0.4) is 0 Å². The average molecular weight is 536 g/mol. The fourth-order valence-electron chi connectivity index (χ4n) is 7.26. The van der Waals surface area contributed by atoms with E-state index in [1.807, 2.05) is 30.9 Å². The number of hydrogen-bond donors (Lipinski definition) is 3. The lowest BCUT2D eigenvalue weighted by Gasteiger charge is -2.53. The number of rotatable bonds is 8. The maximum absolute atomic E-state index is 13.9. The number of amides is 2. The molecule has 212 valence electrons. The number of benzene rings is 1. The first-order valence-corrected chi connectivity index (χ1v) is 15.0. The Morgan fingerprint density at radius 1 is 1.08 bits per heavy atom. The highest BCUT2D eigenvalue weighted by molar-refractivity contribution is 6.00. The van der Waals surface area contributed by atoms with Crippen LogP contribution in [0.4, 0.5) is 0 Å². The number of aromatic amines is 1. The number of nitrogens with zero attached hydrogens (tertiary/aromatic N) is 3. The van der Waals surface area contributed by atoms with Gasteiger partial charge in [-0.1, -0.05) is 57.6 Å². The molecule has 2 aliphatic heterocycles. The molecule has 3 heterocycles. The molecule has 39 heavy (non-hydrogen) atoms. The Hall–Kier alpha value is -2.87. The number of phenolic OH excluding ortho intramolecular Hbond substituents is 1. The van der Waals surface area contributed by atoms with Gasteiger partial charge in [-0.3, -0.25) is 19.6 Å². The number of unbranched alkanes of at least 4 members (excludes halogenated alkanes) is 1. The number of piperidine rings is 1. The summed E-state index contributed by atoms with van der Waals surface area (Å²) in [6.07, 6.45) is 9.97. The molecule has 3 aliphatic rings. The summed E-state index contributed by atoms with van der Waals surface area (Å²) < 4.78 is 0. The van der Waals surface area contributed by atoms with Gasteiger partial charge in [-0.2, -0.15) is 5.10 Å². The van der Waals surface area contributed by atoms with Crippen LogP contribution in [-0.2, 0) is 9.59 Å². The van der Waals surface area contributed by atoms with Crippen LogP contribution >= 0.6 is 0 Å². The highest BCUT2D eigenvalue weighted by atomic mass is 16.3. The summed E-state index contributed by atoms with van der Waals surface area (Å²) in [6.45, 7) is 8.22. The first-order valence-electron chi connectivity index (χ1n) is 15.0. The molecule has 8 heteroatoms. The van der Waals surface area contributed by atoms with Gasteiger partial charge in [-0.25, -0.2) is 0 Å². The zero-order valence-corrected chi connectivity index (χ0v) is 23.8. The smallest absolute Gasteiger partial charge is 0.246 e. The second-order valence-electron chi connectivity index (χ2n) is 12.0. The summed E-state index contributed by atoms with van der Waals surface area (Å²) >= 11 is 0. The minimum atomic E-state index is -0.786. The minimum Gasteiger partial charge on any atom is -0.508 e. The fraction of sp³-hybridized carbons (Fsp3) is 0.645. The van der Waals surface area contributed by atoms with E-state index in [2.05, 4.69) is 27.3 Å². The molecule has 1 saturated carbocycles. The van der Waals surface area contributed by atoms with Gasteiger partial charge in [0.1, 0.15) is 17.3 Å². The van der Waals surface area contributed by atoms with Crippen LogP contribution in [-0.4, -0.2) is 68.1 Å². The number of likely N-dealkylation sites (tertiary alicyclic amines) is 1. The summed E-state index contributed by atoms with van der Waals surface area (Å²) in [5, 5.41) is 20.7. The quantitative estimate of drug-likeness (QED) is 0.453. The summed E-state index contributed by atoms with van der Waals surface area (Å²) in [7, 11) is 0. The van der Waals surface area contributed by atoms with Crippen LogP contribution in [0.5, 0.6) is 5.75 Å². The number of aryl methyl sites for hydroxylation is 2. The van der Waals surface area contributed by atoms with Gasteiger partial charge in [0, 0.05) is 30.9 Å². The number of carbonyl (C=O) groups is 2. The van der Waals surface area contributed by atoms with Crippen LogP contribution in [0.25, 0.3) is 0 Å². The zero-order valence-electron chi connectivity index (χ0n) is 23.8. The number of H-pyrrole nitrogens is 1. The zero-order chi connectivity index (χ0) is 27.6. The number of aromatic hydroxyl groups is 1. The van der Waals surface area contributed by atoms with Gasteiger partial charge in [0.05, 0.1) is 11.7 Å². The Bertz CT molecular complexity index is 1130. The lowest BCUT2D eigenvalue weighted by Crippen LogP contribution is -2.73. The van der Waals surface area contributed by atoms with Crippen molar-refractivity contribution in [3.05, 3.63) is 46.8 Å². The molecular formula is C31H45N5O3. The largest absolute Gasteiger partial charge is 0.508 e. The van der Waals surface area contributed by atoms with E-state index in [1.54, 1.807) is 12.1 Å². The van der Waals surface area contributed by atoms with Gasteiger partial charge in [-0.15, -0.1) is 0 Å². The summed E-state index contributed by atoms with van der Waals surface area (Å²) in [5.41, 5.74) is 3.40. The van der Waals surface area contributed by atoms with Gasteiger partial charge in [0.15, 0.2) is 0 Å².